The molecule has 2 aliphatic carbocycles. The number of aliphatic hydroxyl groups is 1. The molecule has 0 aromatic rings. The van der Waals surface area contributed by atoms with Gasteiger partial charge < -0.3 is 5.11 Å². The second-order valence-corrected chi connectivity index (χ2v) is 4.27. The van der Waals surface area contributed by atoms with Gasteiger partial charge in [-0.3, -0.25) is 4.79 Å². The van der Waals surface area contributed by atoms with Crippen LogP contribution in [0.1, 0.15) is 38.5 Å². The molecule has 2 nitrogen and oxygen atoms in total. The van der Waals surface area contributed by atoms with Crippen molar-refractivity contribution < 1.29 is 9.90 Å². The second-order valence-electron chi connectivity index (χ2n) is 4.27. The fourth-order valence-corrected chi connectivity index (χ4v) is 2.67. The third kappa shape index (κ3) is 1.53. The SMILES string of the molecule is O=C1CC[C@@H]2CC[C@H](O)C[C@H]2C1. The van der Waals surface area contributed by atoms with Crippen molar-refractivity contribution in [2.24, 2.45) is 11.8 Å². The van der Waals surface area contributed by atoms with E-state index >= 15 is 0 Å². The third-order valence-electron chi connectivity index (χ3n) is 3.40. The van der Waals surface area contributed by atoms with Crippen molar-refractivity contribution in [3.63, 3.8) is 0 Å². The number of aliphatic hydroxyl groups excluding tert-OH is 1. The smallest absolute Gasteiger partial charge is 0.133 e. The summed E-state index contributed by atoms with van der Waals surface area (Å²) in [5.41, 5.74) is 0. The molecule has 68 valence electrons. The average Bonchev–Trinajstić information content (AvgIpc) is 2.03. The Bertz CT molecular complexity index is 188. The Balaban J connectivity index is 1.99. The molecule has 1 N–H and O–H groups in total. The molecule has 0 spiro atoms. The molecule has 0 heterocycles. The van der Waals surface area contributed by atoms with Gasteiger partial charge in [-0.2, -0.15) is 0 Å². The van der Waals surface area contributed by atoms with Gasteiger partial charge >= 0.3 is 0 Å². The zero-order chi connectivity index (χ0) is 8.55. The van der Waals surface area contributed by atoms with Gasteiger partial charge in [0.05, 0.1) is 6.10 Å². The number of Topliss-reactive ketones (excluding diaryl/α,β-unsaturated/α-hetero) is 1. The van der Waals surface area contributed by atoms with Crippen molar-refractivity contribution in [2.75, 3.05) is 0 Å². The Labute approximate surface area is 73.0 Å². The van der Waals surface area contributed by atoms with E-state index in [0.717, 1.165) is 44.4 Å². The van der Waals surface area contributed by atoms with Gasteiger partial charge in [-0.25, -0.2) is 0 Å². The molecule has 2 rings (SSSR count). The van der Waals surface area contributed by atoms with E-state index in [0.29, 0.717) is 11.7 Å². The van der Waals surface area contributed by atoms with Gasteiger partial charge in [0.2, 0.25) is 0 Å². The number of rotatable bonds is 0. The van der Waals surface area contributed by atoms with E-state index in [2.05, 4.69) is 0 Å². The van der Waals surface area contributed by atoms with Crippen molar-refractivity contribution in [3.05, 3.63) is 0 Å². The summed E-state index contributed by atoms with van der Waals surface area (Å²) in [5, 5.41) is 9.42. The molecule has 12 heavy (non-hydrogen) atoms. The molecule has 2 saturated carbocycles. The van der Waals surface area contributed by atoms with Crippen LogP contribution in [0.3, 0.4) is 0 Å². The fourth-order valence-electron chi connectivity index (χ4n) is 2.67. The zero-order valence-electron chi connectivity index (χ0n) is 7.33. The first-order chi connectivity index (χ1) is 5.75. The quantitative estimate of drug-likeness (QED) is 0.595. The highest BCUT2D eigenvalue weighted by Crippen LogP contribution is 2.39. The van der Waals surface area contributed by atoms with E-state index in [1.807, 2.05) is 0 Å². The normalized spacial score (nSPS) is 42.4. The van der Waals surface area contributed by atoms with Crippen molar-refractivity contribution >= 4 is 5.78 Å². The molecule has 0 aromatic carbocycles. The van der Waals surface area contributed by atoms with E-state index in [1.165, 1.54) is 0 Å². The number of hydrogen-bond acceptors (Lipinski definition) is 2. The van der Waals surface area contributed by atoms with Gasteiger partial charge in [0, 0.05) is 12.8 Å². The predicted molar refractivity (Wildman–Crippen MR) is 45.7 cm³/mol. The molecule has 2 aliphatic rings. The molecule has 0 radical (unpaired) electrons. The van der Waals surface area contributed by atoms with Crippen LogP contribution in [-0.4, -0.2) is 17.0 Å². The van der Waals surface area contributed by atoms with E-state index < -0.39 is 0 Å². The molecule has 0 unspecified atom stereocenters. The highest BCUT2D eigenvalue weighted by Gasteiger charge is 2.34. The number of carbonyl (C=O) groups is 1. The summed E-state index contributed by atoms with van der Waals surface area (Å²) in [6.45, 7) is 0. The molecule has 2 heteroatoms. The largest absolute Gasteiger partial charge is 0.393 e. The highest BCUT2D eigenvalue weighted by molar-refractivity contribution is 5.79. The molecule has 0 aliphatic heterocycles. The van der Waals surface area contributed by atoms with Crippen LogP contribution in [0.25, 0.3) is 0 Å². The predicted octanol–water partition coefficient (Wildman–Crippen LogP) is 1.52. The van der Waals surface area contributed by atoms with Gasteiger partial charge in [0.15, 0.2) is 0 Å². The first-order valence-electron chi connectivity index (χ1n) is 4.95. The van der Waals surface area contributed by atoms with Crippen LogP contribution in [0.5, 0.6) is 0 Å². The van der Waals surface area contributed by atoms with E-state index in [1.54, 1.807) is 0 Å². The molecule has 0 bridgehead atoms. The van der Waals surface area contributed by atoms with Crippen molar-refractivity contribution in [2.45, 2.75) is 44.6 Å². The summed E-state index contributed by atoms with van der Waals surface area (Å²) in [5.74, 6) is 1.66. The van der Waals surface area contributed by atoms with Gasteiger partial charge in [0.1, 0.15) is 5.78 Å². The monoisotopic (exact) mass is 168 g/mol. The minimum Gasteiger partial charge on any atom is -0.393 e. The maximum Gasteiger partial charge on any atom is 0.133 e. The summed E-state index contributed by atoms with van der Waals surface area (Å²) >= 11 is 0. The minimum atomic E-state index is -0.128. The van der Waals surface area contributed by atoms with E-state index in [9.17, 15) is 9.90 Å². The summed E-state index contributed by atoms with van der Waals surface area (Å²) in [7, 11) is 0. The lowest BCUT2D eigenvalue weighted by atomic mass is 9.70. The van der Waals surface area contributed by atoms with Crippen molar-refractivity contribution in [1.82, 2.24) is 0 Å². The molecule has 0 amide bonds. The Hall–Kier alpha value is -0.370. The van der Waals surface area contributed by atoms with Crippen molar-refractivity contribution in [3.8, 4) is 0 Å². The summed E-state index contributed by atoms with van der Waals surface area (Å²) in [4.78, 5) is 11.1. The van der Waals surface area contributed by atoms with Gasteiger partial charge in [-0.05, 0) is 37.5 Å². The number of fused-ring (bicyclic) bond motifs is 1. The van der Waals surface area contributed by atoms with Crippen LogP contribution in [0.2, 0.25) is 0 Å². The standard InChI is InChI=1S/C10H16O2/c11-9-3-1-7-2-4-10(12)6-8(7)5-9/h7-9,11H,1-6H2/t7-,8-,9-/m0/s1. The lowest BCUT2D eigenvalue weighted by Gasteiger charge is -2.36. The average molecular weight is 168 g/mol. The highest BCUT2D eigenvalue weighted by atomic mass is 16.3. The van der Waals surface area contributed by atoms with Crippen LogP contribution in [-0.2, 0) is 4.79 Å². The van der Waals surface area contributed by atoms with Gasteiger partial charge in [-0.15, -0.1) is 0 Å². The van der Waals surface area contributed by atoms with Gasteiger partial charge in [0.25, 0.3) is 0 Å². The van der Waals surface area contributed by atoms with Crippen molar-refractivity contribution in [1.29, 1.82) is 0 Å². The van der Waals surface area contributed by atoms with E-state index in [-0.39, 0.29) is 6.10 Å². The number of hydrogen-bond donors (Lipinski definition) is 1. The summed E-state index contributed by atoms with van der Waals surface area (Å²) in [6, 6.07) is 0. The van der Waals surface area contributed by atoms with Gasteiger partial charge in [-0.1, -0.05) is 0 Å². The lowest BCUT2D eigenvalue weighted by molar-refractivity contribution is -0.124. The Morgan fingerprint density at radius 3 is 2.83 bits per heavy atom. The maximum atomic E-state index is 11.1. The van der Waals surface area contributed by atoms with Crippen LogP contribution in [0.15, 0.2) is 0 Å². The van der Waals surface area contributed by atoms with Crippen LogP contribution in [0, 0.1) is 11.8 Å². The minimum absolute atomic E-state index is 0.128. The summed E-state index contributed by atoms with van der Waals surface area (Å²) < 4.78 is 0. The second kappa shape index (κ2) is 3.17. The molecule has 3 atom stereocenters. The third-order valence-corrected chi connectivity index (χ3v) is 3.40. The number of carbonyl (C=O) groups excluding carboxylic acids is 1. The first-order valence-corrected chi connectivity index (χ1v) is 4.95. The van der Waals surface area contributed by atoms with Crippen LogP contribution in [0.4, 0.5) is 0 Å². The Morgan fingerprint density at radius 1 is 1.17 bits per heavy atom. The molecule has 0 aromatic heterocycles. The number of ketones is 1. The van der Waals surface area contributed by atoms with Crippen LogP contribution < -0.4 is 0 Å². The van der Waals surface area contributed by atoms with Crippen LogP contribution >= 0.6 is 0 Å². The van der Waals surface area contributed by atoms with E-state index in [4.69, 9.17) is 0 Å². The molecular weight excluding hydrogens is 152 g/mol. The summed E-state index contributed by atoms with van der Waals surface area (Å²) in [6.07, 6.45) is 5.44. The topological polar surface area (TPSA) is 37.3 Å². The fraction of sp³-hybridized carbons (Fsp3) is 0.900. The zero-order valence-corrected chi connectivity index (χ0v) is 7.33. The molecule has 0 saturated heterocycles. The maximum absolute atomic E-state index is 11.1. The molecule has 2 fully saturated rings. The first kappa shape index (κ1) is 8.24. The Kier molecular flexibility index (Phi) is 2.18. The Morgan fingerprint density at radius 2 is 2.00 bits per heavy atom. The molecular formula is C10H16O2. The lowest BCUT2D eigenvalue weighted by Crippen LogP contribution is -2.33.